The van der Waals surface area contributed by atoms with Crippen LogP contribution in [0.5, 0.6) is 5.75 Å². The molecule has 30 heavy (non-hydrogen) atoms. The summed E-state index contributed by atoms with van der Waals surface area (Å²) in [7, 11) is 0. The lowest BCUT2D eigenvalue weighted by Gasteiger charge is -2.15. The van der Waals surface area contributed by atoms with E-state index in [9.17, 15) is 22.8 Å². The monoisotopic (exact) mass is 478 g/mol. The molecule has 0 radical (unpaired) electrons. The first-order valence-corrected chi connectivity index (χ1v) is 10.4. The highest BCUT2D eigenvalue weighted by Gasteiger charge is 2.32. The van der Waals surface area contributed by atoms with Crippen molar-refractivity contribution in [1.29, 1.82) is 0 Å². The van der Waals surface area contributed by atoms with Crippen LogP contribution in [0.1, 0.15) is 31.7 Å². The smallest absolute Gasteiger partial charge is 0.417 e. The normalized spacial score (nSPS) is 12.9. The second-order valence-electron chi connectivity index (χ2n) is 6.41. The average molecular weight is 479 g/mol. The molecule has 3 rings (SSSR count). The van der Waals surface area contributed by atoms with E-state index in [4.69, 9.17) is 27.9 Å². The van der Waals surface area contributed by atoms with Gasteiger partial charge in [-0.1, -0.05) is 36.3 Å². The molecule has 0 aliphatic heterocycles. The maximum atomic E-state index is 12.8. The number of ether oxygens (including phenoxy) is 1. The highest BCUT2D eigenvalue weighted by Crippen LogP contribution is 2.33. The summed E-state index contributed by atoms with van der Waals surface area (Å²) in [5.74, 6) is 0.240. The fourth-order valence-electron chi connectivity index (χ4n) is 2.80. The Hall–Kier alpha value is -2.10. The standard InChI is InChI=1S/C19H15Cl2F3N2O3S/c1-2-3-4-14(16(21)27)29-11-5-6-13-15(8-11)30-18(28)26(13)17-12(20)7-10(9-25-17)19(22,23)24/h5-9,14H,2-4H2,1H3. The zero-order valence-corrected chi connectivity index (χ0v) is 17.8. The van der Waals surface area contributed by atoms with Gasteiger partial charge in [-0.05, 0) is 48.7 Å². The van der Waals surface area contributed by atoms with Gasteiger partial charge in [0.25, 0.3) is 5.24 Å². The molecule has 3 aromatic rings. The number of unbranched alkanes of at least 4 members (excludes halogenated alkanes) is 1. The first kappa shape index (κ1) is 22.6. The van der Waals surface area contributed by atoms with E-state index in [2.05, 4.69) is 4.98 Å². The Morgan fingerprint density at radius 1 is 1.33 bits per heavy atom. The van der Waals surface area contributed by atoms with Crippen molar-refractivity contribution >= 4 is 50.0 Å². The highest BCUT2D eigenvalue weighted by molar-refractivity contribution is 7.16. The minimum atomic E-state index is -4.60. The van der Waals surface area contributed by atoms with Gasteiger partial charge >= 0.3 is 11.0 Å². The number of carbonyl (C=O) groups excluding carboxylic acids is 1. The molecule has 2 heterocycles. The van der Waals surface area contributed by atoms with Gasteiger partial charge in [-0.2, -0.15) is 13.2 Å². The first-order valence-electron chi connectivity index (χ1n) is 8.86. The average Bonchev–Trinajstić information content (AvgIpc) is 2.99. The number of halogens is 5. The molecule has 5 nitrogen and oxygen atoms in total. The van der Waals surface area contributed by atoms with Gasteiger partial charge in [0.05, 0.1) is 20.8 Å². The Bertz CT molecular complexity index is 1140. The van der Waals surface area contributed by atoms with Crippen LogP contribution >= 0.6 is 34.5 Å². The van der Waals surface area contributed by atoms with Gasteiger partial charge < -0.3 is 4.74 Å². The highest BCUT2D eigenvalue weighted by atomic mass is 35.5. The van der Waals surface area contributed by atoms with Crippen LogP contribution in [0.25, 0.3) is 16.0 Å². The van der Waals surface area contributed by atoms with Crippen molar-refractivity contribution in [1.82, 2.24) is 9.55 Å². The van der Waals surface area contributed by atoms with Crippen molar-refractivity contribution < 1.29 is 22.7 Å². The van der Waals surface area contributed by atoms with E-state index >= 15 is 0 Å². The zero-order chi connectivity index (χ0) is 22.1. The number of nitrogens with zero attached hydrogens (tertiary/aromatic N) is 2. The van der Waals surface area contributed by atoms with E-state index in [1.807, 2.05) is 6.92 Å². The summed E-state index contributed by atoms with van der Waals surface area (Å²) in [6.45, 7) is 1.97. The number of fused-ring (bicyclic) bond motifs is 1. The quantitative estimate of drug-likeness (QED) is 0.401. The minimum absolute atomic E-state index is 0.105. The van der Waals surface area contributed by atoms with Crippen molar-refractivity contribution in [3.8, 4) is 11.6 Å². The van der Waals surface area contributed by atoms with Crippen molar-refractivity contribution in [2.45, 2.75) is 38.5 Å². The van der Waals surface area contributed by atoms with Crippen LogP contribution in [0.15, 0.2) is 35.3 Å². The van der Waals surface area contributed by atoms with E-state index in [-0.39, 0.29) is 10.8 Å². The van der Waals surface area contributed by atoms with Gasteiger partial charge in [0, 0.05) is 6.20 Å². The molecular formula is C19H15Cl2F3N2O3S. The lowest BCUT2D eigenvalue weighted by molar-refractivity contribution is -0.137. The van der Waals surface area contributed by atoms with Crippen molar-refractivity contribution in [2.24, 2.45) is 0 Å². The van der Waals surface area contributed by atoms with Crippen LogP contribution in [0.3, 0.4) is 0 Å². The van der Waals surface area contributed by atoms with Gasteiger partial charge in [0.1, 0.15) is 5.75 Å². The molecule has 1 aromatic carbocycles. The Balaban J connectivity index is 1.98. The van der Waals surface area contributed by atoms with Crippen LogP contribution in [0, 0.1) is 0 Å². The zero-order valence-electron chi connectivity index (χ0n) is 15.5. The summed E-state index contributed by atoms with van der Waals surface area (Å²) < 4.78 is 45.8. The topological polar surface area (TPSA) is 61.2 Å². The van der Waals surface area contributed by atoms with Gasteiger partial charge in [0.2, 0.25) is 0 Å². The number of pyridine rings is 1. The summed E-state index contributed by atoms with van der Waals surface area (Å²) in [6, 6.07) is 5.38. The van der Waals surface area contributed by atoms with Gasteiger partial charge in [-0.25, -0.2) is 9.55 Å². The largest absolute Gasteiger partial charge is 0.481 e. The molecule has 160 valence electrons. The maximum absolute atomic E-state index is 12.8. The Morgan fingerprint density at radius 2 is 2.07 bits per heavy atom. The molecule has 11 heteroatoms. The fourth-order valence-corrected chi connectivity index (χ4v) is 4.10. The number of rotatable bonds is 7. The van der Waals surface area contributed by atoms with Crippen LogP contribution in [0.2, 0.25) is 5.02 Å². The molecule has 0 aliphatic rings. The third-order valence-corrected chi connectivity index (χ3v) is 5.69. The molecule has 0 saturated heterocycles. The van der Waals surface area contributed by atoms with Crippen molar-refractivity contribution in [2.75, 3.05) is 0 Å². The number of hydrogen-bond acceptors (Lipinski definition) is 5. The molecule has 0 N–H and O–H groups in total. The predicted octanol–water partition coefficient (Wildman–Crippen LogP) is 5.82. The lowest BCUT2D eigenvalue weighted by atomic mass is 10.2. The molecule has 1 atom stereocenters. The van der Waals surface area contributed by atoms with Crippen molar-refractivity contribution in [3.05, 3.63) is 50.7 Å². The summed E-state index contributed by atoms with van der Waals surface area (Å²) in [5, 5.41) is -0.922. The molecule has 0 amide bonds. The van der Waals surface area contributed by atoms with E-state index in [1.165, 1.54) is 0 Å². The van der Waals surface area contributed by atoms with Crippen LogP contribution in [-0.2, 0) is 11.0 Å². The molecule has 0 bridgehead atoms. The first-order chi connectivity index (χ1) is 14.1. The number of alkyl halides is 3. The Labute approximate surface area is 183 Å². The number of carbonyl (C=O) groups is 1. The molecule has 0 saturated carbocycles. The molecular weight excluding hydrogens is 464 g/mol. The summed E-state index contributed by atoms with van der Waals surface area (Å²) >= 11 is 12.4. The van der Waals surface area contributed by atoms with Gasteiger partial charge in [-0.15, -0.1) is 0 Å². The molecule has 0 fully saturated rings. The molecule has 0 spiro atoms. The number of benzene rings is 1. The van der Waals surface area contributed by atoms with Gasteiger partial charge in [0.15, 0.2) is 11.9 Å². The Kier molecular flexibility index (Phi) is 6.74. The van der Waals surface area contributed by atoms with E-state index in [1.54, 1.807) is 18.2 Å². The Morgan fingerprint density at radius 3 is 2.67 bits per heavy atom. The number of hydrogen-bond donors (Lipinski definition) is 0. The SMILES string of the molecule is CCCCC(Oc1ccc2c(c1)sc(=O)n2-c1ncc(C(F)(F)F)cc1Cl)C(=O)Cl. The van der Waals surface area contributed by atoms with Crippen LogP contribution in [-0.4, -0.2) is 20.9 Å². The summed E-state index contributed by atoms with van der Waals surface area (Å²) in [6.07, 6.45) is -2.70. The number of aromatic nitrogens is 2. The number of thiazole rings is 1. The second kappa shape index (κ2) is 8.95. The summed E-state index contributed by atoms with van der Waals surface area (Å²) in [4.78, 5) is 27.4. The van der Waals surface area contributed by atoms with Gasteiger partial charge in [-0.3, -0.25) is 9.59 Å². The molecule has 0 aliphatic carbocycles. The van der Waals surface area contributed by atoms with E-state index in [0.717, 1.165) is 34.8 Å². The van der Waals surface area contributed by atoms with E-state index < -0.39 is 28.0 Å². The lowest BCUT2D eigenvalue weighted by Crippen LogP contribution is -2.23. The van der Waals surface area contributed by atoms with Crippen LogP contribution < -0.4 is 9.61 Å². The predicted molar refractivity (Wildman–Crippen MR) is 110 cm³/mol. The second-order valence-corrected chi connectivity index (χ2v) is 8.19. The molecule has 2 aromatic heterocycles. The third kappa shape index (κ3) is 4.79. The van der Waals surface area contributed by atoms with E-state index in [0.29, 0.717) is 28.6 Å². The van der Waals surface area contributed by atoms with Crippen molar-refractivity contribution in [3.63, 3.8) is 0 Å². The minimum Gasteiger partial charge on any atom is -0.481 e. The molecule has 1 unspecified atom stereocenters. The van der Waals surface area contributed by atoms with Crippen LogP contribution in [0.4, 0.5) is 13.2 Å². The maximum Gasteiger partial charge on any atom is 0.417 e. The fraction of sp³-hybridized carbons (Fsp3) is 0.316. The summed E-state index contributed by atoms with van der Waals surface area (Å²) in [5.41, 5.74) is -0.614. The third-order valence-electron chi connectivity index (χ3n) is 4.26.